The van der Waals surface area contributed by atoms with Gasteiger partial charge in [-0.2, -0.15) is 0 Å². The molecule has 0 aliphatic rings. The number of aromatic nitrogens is 2. The average molecular weight is 269 g/mol. The predicted molar refractivity (Wildman–Crippen MR) is 71.3 cm³/mol. The van der Waals surface area contributed by atoms with Crippen LogP contribution in [-0.2, 0) is 0 Å². The van der Waals surface area contributed by atoms with Gasteiger partial charge in [0.2, 0.25) is 0 Å². The minimum atomic E-state index is 0.536. The van der Waals surface area contributed by atoms with Crippen LogP contribution in [0.25, 0.3) is 0 Å². The summed E-state index contributed by atoms with van der Waals surface area (Å²) in [6.45, 7) is 0. The fraction of sp³-hybridized carbons (Fsp3) is 0.0909. The lowest BCUT2D eigenvalue weighted by atomic mass is 10.3. The number of anilines is 3. The van der Waals surface area contributed by atoms with Crippen LogP contribution in [0.5, 0.6) is 0 Å². The van der Waals surface area contributed by atoms with E-state index in [0.717, 1.165) is 0 Å². The van der Waals surface area contributed by atoms with Gasteiger partial charge in [0.1, 0.15) is 5.82 Å². The molecule has 2 rings (SSSR count). The van der Waals surface area contributed by atoms with Crippen LogP contribution in [0.3, 0.4) is 0 Å². The van der Waals surface area contributed by atoms with Crippen LogP contribution in [0.2, 0.25) is 10.0 Å². The molecule has 0 aliphatic carbocycles. The molecule has 88 valence electrons. The van der Waals surface area contributed by atoms with Crippen LogP contribution in [0.1, 0.15) is 0 Å². The summed E-state index contributed by atoms with van der Waals surface area (Å²) in [5.41, 5.74) is 0.624. The second-order valence-electron chi connectivity index (χ2n) is 3.26. The second kappa shape index (κ2) is 5.21. The van der Waals surface area contributed by atoms with Crippen molar-refractivity contribution in [2.75, 3.05) is 17.7 Å². The third kappa shape index (κ3) is 2.78. The van der Waals surface area contributed by atoms with E-state index in [1.54, 1.807) is 37.6 Å². The summed E-state index contributed by atoms with van der Waals surface area (Å²) < 4.78 is 0. The van der Waals surface area contributed by atoms with E-state index in [-0.39, 0.29) is 0 Å². The molecular weight excluding hydrogens is 259 g/mol. The first-order valence-electron chi connectivity index (χ1n) is 4.91. The molecule has 0 saturated heterocycles. The normalized spacial score (nSPS) is 10.1. The zero-order valence-corrected chi connectivity index (χ0v) is 10.5. The molecule has 0 fully saturated rings. The van der Waals surface area contributed by atoms with Gasteiger partial charge in [-0.05, 0) is 12.1 Å². The Hall–Kier alpha value is -1.52. The van der Waals surface area contributed by atoms with Gasteiger partial charge in [0, 0.05) is 7.05 Å². The molecule has 0 bridgehead atoms. The number of nitrogens with one attached hydrogen (secondary N) is 2. The Labute approximate surface area is 109 Å². The molecule has 0 radical (unpaired) electrons. The molecule has 0 aliphatic heterocycles. The van der Waals surface area contributed by atoms with E-state index in [0.29, 0.717) is 27.4 Å². The zero-order chi connectivity index (χ0) is 12.3. The first-order chi connectivity index (χ1) is 8.20. The second-order valence-corrected chi connectivity index (χ2v) is 4.08. The van der Waals surface area contributed by atoms with E-state index in [4.69, 9.17) is 23.2 Å². The molecule has 2 aromatic rings. The van der Waals surface area contributed by atoms with Gasteiger partial charge in [-0.3, -0.25) is 4.98 Å². The van der Waals surface area contributed by atoms with Crippen LogP contribution in [0.4, 0.5) is 17.3 Å². The summed E-state index contributed by atoms with van der Waals surface area (Å²) in [5, 5.41) is 7.01. The number of rotatable bonds is 3. The fourth-order valence-corrected chi connectivity index (χ4v) is 1.78. The van der Waals surface area contributed by atoms with Crippen molar-refractivity contribution in [3.05, 3.63) is 40.6 Å². The maximum Gasteiger partial charge on any atom is 0.151 e. The Kier molecular flexibility index (Phi) is 3.66. The van der Waals surface area contributed by atoms with Crippen LogP contribution in [-0.4, -0.2) is 17.0 Å². The molecule has 17 heavy (non-hydrogen) atoms. The van der Waals surface area contributed by atoms with Crippen molar-refractivity contribution in [1.29, 1.82) is 0 Å². The molecule has 2 N–H and O–H groups in total. The Morgan fingerprint density at radius 3 is 2.35 bits per heavy atom. The van der Waals surface area contributed by atoms with E-state index < -0.39 is 0 Å². The Morgan fingerprint density at radius 2 is 1.71 bits per heavy atom. The lowest BCUT2D eigenvalue weighted by molar-refractivity contribution is 1.18. The van der Waals surface area contributed by atoms with Crippen molar-refractivity contribution >= 4 is 40.5 Å². The number of benzene rings is 1. The molecule has 0 saturated carbocycles. The lowest BCUT2D eigenvalue weighted by Gasteiger charge is -2.09. The molecule has 0 unspecified atom stereocenters. The van der Waals surface area contributed by atoms with E-state index >= 15 is 0 Å². The molecule has 4 nitrogen and oxygen atoms in total. The standard InChI is InChI=1S/C11H10Cl2N4/c1-14-9-5-15-6-10(16-9)17-11-7(12)3-2-4-8(11)13/h2-6H,1H3,(H2,14,16,17). The summed E-state index contributed by atoms with van der Waals surface area (Å²) >= 11 is 12.1. The van der Waals surface area contributed by atoms with Crippen molar-refractivity contribution in [2.45, 2.75) is 0 Å². The van der Waals surface area contributed by atoms with Crippen LogP contribution in [0.15, 0.2) is 30.6 Å². The molecule has 6 heteroatoms. The molecule has 0 amide bonds. The van der Waals surface area contributed by atoms with Gasteiger partial charge < -0.3 is 10.6 Å². The number of hydrogen-bond acceptors (Lipinski definition) is 4. The lowest BCUT2D eigenvalue weighted by Crippen LogP contribution is -1.99. The van der Waals surface area contributed by atoms with Crippen molar-refractivity contribution < 1.29 is 0 Å². The van der Waals surface area contributed by atoms with Gasteiger partial charge in [-0.25, -0.2) is 4.98 Å². The van der Waals surface area contributed by atoms with E-state index in [1.165, 1.54) is 0 Å². The molecule has 1 aromatic heterocycles. The smallest absolute Gasteiger partial charge is 0.151 e. The highest BCUT2D eigenvalue weighted by Crippen LogP contribution is 2.31. The summed E-state index contributed by atoms with van der Waals surface area (Å²) in [6, 6.07) is 5.29. The van der Waals surface area contributed by atoms with Gasteiger partial charge in [0.05, 0.1) is 28.1 Å². The largest absolute Gasteiger partial charge is 0.372 e. The highest BCUT2D eigenvalue weighted by atomic mass is 35.5. The first-order valence-corrected chi connectivity index (χ1v) is 5.67. The number of halogens is 2. The Bertz CT molecular complexity index is 510. The highest BCUT2D eigenvalue weighted by molar-refractivity contribution is 6.39. The van der Waals surface area contributed by atoms with Crippen molar-refractivity contribution in [1.82, 2.24) is 9.97 Å². The molecule has 1 heterocycles. The topological polar surface area (TPSA) is 49.8 Å². The number of nitrogens with zero attached hydrogens (tertiary/aromatic N) is 2. The van der Waals surface area contributed by atoms with Gasteiger partial charge in [0.25, 0.3) is 0 Å². The maximum absolute atomic E-state index is 6.04. The molecule has 1 aromatic carbocycles. The molecular formula is C11H10Cl2N4. The van der Waals surface area contributed by atoms with Gasteiger partial charge in [-0.1, -0.05) is 29.3 Å². The van der Waals surface area contributed by atoms with Gasteiger partial charge in [0.15, 0.2) is 5.82 Å². The van der Waals surface area contributed by atoms with E-state index in [9.17, 15) is 0 Å². The van der Waals surface area contributed by atoms with E-state index in [2.05, 4.69) is 20.6 Å². The summed E-state index contributed by atoms with van der Waals surface area (Å²) in [6.07, 6.45) is 3.22. The zero-order valence-electron chi connectivity index (χ0n) is 9.04. The fourth-order valence-electron chi connectivity index (χ4n) is 1.29. The summed E-state index contributed by atoms with van der Waals surface area (Å²) in [5.74, 6) is 1.24. The van der Waals surface area contributed by atoms with Crippen LogP contribution >= 0.6 is 23.2 Å². The quantitative estimate of drug-likeness (QED) is 0.894. The predicted octanol–water partition coefficient (Wildman–Crippen LogP) is 3.57. The van der Waals surface area contributed by atoms with Gasteiger partial charge in [-0.15, -0.1) is 0 Å². The first kappa shape index (κ1) is 12.0. The summed E-state index contributed by atoms with van der Waals surface area (Å²) in [4.78, 5) is 8.30. The Balaban J connectivity index is 2.31. The number of para-hydroxylation sites is 1. The van der Waals surface area contributed by atoms with Crippen LogP contribution in [0, 0.1) is 0 Å². The third-order valence-corrected chi connectivity index (χ3v) is 2.74. The molecule has 0 atom stereocenters. The highest BCUT2D eigenvalue weighted by Gasteiger charge is 2.06. The molecule has 0 spiro atoms. The van der Waals surface area contributed by atoms with Crippen molar-refractivity contribution in [3.8, 4) is 0 Å². The Morgan fingerprint density at radius 1 is 1.06 bits per heavy atom. The number of hydrogen-bond donors (Lipinski definition) is 2. The van der Waals surface area contributed by atoms with E-state index in [1.807, 2.05) is 0 Å². The SMILES string of the molecule is CNc1cncc(Nc2c(Cl)cccc2Cl)n1. The minimum absolute atomic E-state index is 0.536. The van der Waals surface area contributed by atoms with Crippen molar-refractivity contribution in [3.63, 3.8) is 0 Å². The average Bonchev–Trinajstić information content (AvgIpc) is 2.34. The van der Waals surface area contributed by atoms with Gasteiger partial charge >= 0.3 is 0 Å². The monoisotopic (exact) mass is 268 g/mol. The summed E-state index contributed by atoms with van der Waals surface area (Å²) in [7, 11) is 1.77. The minimum Gasteiger partial charge on any atom is -0.372 e. The van der Waals surface area contributed by atoms with Crippen LogP contribution < -0.4 is 10.6 Å². The third-order valence-electron chi connectivity index (χ3n) is 2.11. The van der Waals surface area contributed by atoms with Crippen molar-refractivity contribution in [2.24, 2.45) is 0 Å². The maximum atomic E-state index is 6.04.